The normalized spacial score (nSPS) is 19.7. The molecule has 25 heavy (non-hydrogen) atoms. The summed E-state index contributed by atoms with van der Waals surface area (Å²) in [5.74, 6) is -0.820. The van der Waals surface area contributed by atoms with Gasteiger partial charge in [0.25, 0.3) is 0 Å². The number of carboxylic acid groups (broad SMARTS) is 1. The fourth-order valence-corrected chi connectivity index (χ4v) is 3.26. The van der Waals surface area contributed by atoms with Gasteiger partial charge in [0, 0.05) is 38.2 Å². The van der Waals surface area contributed by atoms with Crippen molar-refractivity contribution in [1.29, 1.82) is 0 Å². The van der Waals surface area contributed by atoms with E-state index in [-0.39, 0.29) is 18.6 Å². The van der Waals surface area contributed by atoms with Crippen LogP contribution in [0.5, 0.6) is 0 Å². The third-order valence-corrected chi connectivity index (χ3v) is 4.96. The molecular weight excluding hydrogens is 346 g/mol. The second-order valence-corrected chi connectivity index (χ2v) is 6.90. The number of piperidine rings is 1. The largest absolute Gasteiger partial charge is 0.465 e. The Morgan fingerprint density at radius 2 is 2.16 bits per heavy atom. The maximum absolute atomic E-state index is 11.3. The lowest BCUT2D eigenvalue weighted by Gasteiger charge is -2.37. The molecule has 0 radical (unpaired) electrons. The summed E-state index contributed by atoms with van der Waals surface area (Å²) in [5.41, 5.74) is 0.930. The number of nitrogens with zero attached hydrogens (tertiary/aromatic N) is 1. The van der Waals surface area contributed by atoms with Crippen molar-refractivity contribution in [3.8, 4) is 0 Å². The average molecular weight is 372 g/mol. The van der Waals surface area contributed by atoms with E-state index in [2.05, 4.69) is 0 Å². The molecule has 2 atom stereocenters. The van der Waals surface area contributed by atoms with Crippen LogP contribution in [0.4, 0.5) is 4.79 Å². The minimum Gasteiger partial charge on any atom is -0.465 e. The number of hydrogen-bond donors (Lipinski definition) is 1. The van der Waals surface area contributed by atoms with Gasteiger partial charge in [-0.05, 0) is 37.5 Å². The summed E-state index contributed by atoms with van der Waals surface area (Å²) in [6.45, 7) is 3.01. The number of ether oxygens (including phenoxy) is 3. The predicted octanol–water partition coefficient (Wildman–Crippen LogP) is 3.80. The van der Waals surface area contributed by atoms with E-state index >= 15 is 0 Å². The van der Waals surface area contributed by atoms with E-state index in [9.17, 15) is 9.90 Å². The highest BCUT2D eigenvalue weighted by Crippen LogP contribution is 2.35. The second-order valence-electron chi connectivity index (χ2n) is 6.46. The molecule has 140 valence electrons. The van der Waals surface area contributed by atoms with Crippen LogP contribution in [0, 0.1) is 5.92 Å². The number of carbonyl (C=O) groups is 1. The zero-order valence-corrected chi connectivity index (χ0v) is 15.7. The van der Waals surface area contributed by atoms with Crippen molar-refractivity contribution in [2.75, 3.05) is 33.9 Å². The highest BCUT2D eigenvalue weighted by atomic mass is 35.5. The number of amides is 1. The van der Waals surface area contributed by atoms with Gasteiger partial charge in [0.2, 0.25) is 0 Å². The van der Waals surface area contributed by atoms with Gasteiger partial charge in [-0.15, -0.1) is 0 Å². The molecule has 2 rings (SSSR count). The third kappa shape index (κ3) is 5.31. The van der Waals surface area contributed by atoms with Gasteiger partial charge in [0.15, 0.2) is 5.79 Å². The molecular formula is C18H26ClNO5. The molecule has 1 aromatic carbocycles. The predicted molar refractivity (Wildman–Crippen MR) is 94.9 cm³/mol. The Balaban J connectivity index is 2.21. The minimum atomic E-state index is -0.895. The molecule has 7 heteroatoms. The quantitative estimate of drug-likeness (QED) is 0.738. The summed E-state index contributed by atoms with van der Waals surface area (Å²) in [4.78, 5) is 12.8. The van der Waals surface area contributed by atoms with E-state index in [4.69, 9.17) is 25.8 Å². The molecule has 0 aromatic heterocycles. The van der Waals surface area contributed by atoms with Crippen LogP contribution in [-0.2, 0) is 14.2 Å². The number of halogens is 1. The number of methoxy groups -OCH3 is 2. The molecule has 1 fully saturated rings. The summed E-state index contributed by atoms with van der Waals surface area (Å²) >= 11 is 6.14. The first-order chi connectivity index (χ1) is 11.9. The molecule has 6 nitrogen and oxygen atoms in total. The molecule has 1 amide bonds. The van der Waals surface area contributed by atoms with E-state index in [0.29, 0.717) is 18.1 Å². The summed E-state index contributed by atoms with van der Waals surface area (Å²) in [5, 5.41) is 9.94. The first-order valence-corrected chi connectivity index (χ1v) is 8.71. The Hall–Kier alpha value is -1.34. The molecule has 1 saturated heterocycles. The number of likely N-dealkylation sites (tertiary alicyclic amines) is 1. The van der Waals surface area contributed by atoms with E-state index in [1.165, 1.54) is 4.90 Å². The lowest BCUT2D eigenvalue weighted by molar-refractivity contribution is -0.234. The van der Waals surface area contributed by atoms with E-state index in [1.54, 1.807) is 27.2 Å². The summed E-state index contributed by atoms with van der Waals surface area (Å²) in [7, 11) is 3.13. The zero-order chi connectivity index (χ0) is 18.4. The fraction of sp³-hybridized carbons (Fsp3) is 0.611. The zero-order valence-electron chi connectivity index (χ0n) is 14.9. The second kappa shape index (κ2) is 8.85. The van der Waals surface area contributed by atoms with Crippen LogP contribution in [0.3, 0.4) is 0 Å². The number of benzene rings is 1. The molecule has 0 aliphatic carbocycles. The average Bonchev–Trinajstić information content (AvgIpc) is 2.62. The van der Waals surface area contributed by atoms with Gasteiger partial charge in [-0.2, -0.15) is 0 Å². The van der Waals surface area contributed by atoms with E-state index in [0.717, 1.165) is 18.4 Å². The van der Waals surface area contributed by atoms with Crippen molar-refractivity contribution in [1.82, 2.24) is 4.90 Å². The van der Waals surface area contributed by atoms with Gasteiger partial charge in [-0.3, -0.25) is 0 Å². The summed E-state index contributed by atoms with van der Waals surface area (Å²) < 4.78 is 16.9. The first kappa shape index (κ1) is 20.0. The smallest absolute Gasteiger partial charge is 0.407 e. The van der Waals surface area contributed by atoms with Crippen LogP contribution in [0.1, 0.15) is 31.4 Å². The van der Waals surface area contributed by atoms with Crippen molar-refractivity contribution in [3.63, 3.8) is 0 Å². The Bertz CT molecular complexity index is 578. The molecule has 0 spiro atoms. The Labute approximate surface area is 153 Å². The van der Waals surface area contributed by atoms with Crippen LogP contribution in [-0.4, -0.2) is 55.8 Å². The lowest BCUT2D eigenvalue weighted by atomic mass is 9.88. The van der Waals surface area contributed by atoms with E-state index < -0.39 is 11.9 Å². The molecule has 1 aliphatic heterocycles. The van der Waals surface area contributed by atoms with Crippen molar-refractivity contribution >= 4 is 17.7 Å². The minimum absolute atomic E-state index is 0.0429. The van der Waals surface area contributed by atoms with Crippen LogP contribution >= 0.6 is 11.6 Å². The van der Waals surface area contributed by atoms with Gasteiger partial charge in [-0.25, -0.2) is 4.79 Å². The molecule has 1 N–H and O–H groups in total. The number of hydrogen-bond acceptors (Lipinski definition) is 4. The van der Waals surface area contributed by atoms with Gasteiger partial charge in [0.1, 0.15) is 6.61 Å². The van der Waals surface area contributed by atoms with Crippen molar-refractivity contribution in [2.24, 2.45) is 5.92 Å². The molecule has 0 saturated carbocycles. The first-order valence-electron chi connectivity index (χ1n) is 8.34. The van der Waals surface area contributed by atoms with Crippen molar-refractivity contribution in [2.45, 2.75) is 31.7 Å². The maximum Gasteiger partial charge on any atom is 0.407 e. The molecule has 0 bridgehead atoms. The van der Waals surface area contributed by atoms with Crippen LogP contribution in [0.15, 0.2) is 24.3 Å². The summed E-state index contributed by atoms with van der Waals surface area (Å²) in [6, 6.07) is 7.49. The highest BCUT2D eigenvalue weighted by Gasteiger charge is 2.33. The molecule has 1 aliphatic rings. The van der Waals surface area contributed by atoms with Crippen LogP contribution < -0.4 is 0 Å². The van der Waals surface area contributed by atoms with Crippen LogP contribution in [0.2, 0.25) is 5.02 Å². The van der Waals surface area contributed by atoms with Crippen LogP contribution in [0.25, 0.3) is 0 Å². The topological polar surface area (TPSA) is 68.2 Å². The molecule has 2 unspecified atom stereocenters. The maximum atomic E-state index is 11.3. The monoisotopic (exact) mass is 371 g/mol. The summed E-state index contributed by atoms with van der Waals surface area (Å²) in [6.07, 6.45) is 0.513. The molecule has 1 aromatic rings. The number of rotatable bonds is 7. The highest BCUT2D eigenvalue weighted by molar-refractivity contribution is 6.30. The van der Waals surface area contributed by atoms with Gasteiger partial charge in [-0.1, -0.05) is 23.7 Å². The van der Waals surface area contributed by atoms with Gasteiger partial charge < -0.3 is 24.2 Å². The van der Waals surface area contributed by atoms with Gasteiger partial charge >= 0.3 is 6.09 Å². The van der Waals surface area contributed by atoms with Crippen molar-refractivity contribution < 1.29 is 24.1 Å². The van der Waals surface area contributed by atoms with Gasteiger partial charge in [0.05, 0.1) is 6.10 Å². The molecule has 1 heterocycles. The standard InChI is InChI=1S/C18H26ClNO5/c1-18(23-2,24-3)12-25-16(13-6-4-8-15(19)10-13)14-7-5-9-20(11-14)17(21)22/h4,6,8,10,14,16H,5,7,9,11-12H2,1-3H3,(H,21,22). The Morgan fingerprint density at radius 1 is 1.44 bits per heavy atom. The Morgan fingerprint density at radius 3 is 2.76 bits per heavy atom. The van der Waals surface area contributed by atoms with Crippen molar-refractivity contribution in [3.05, 3.63) is 34.9 Å². The lowest BCUT2D eigenvalue weighted by Crippen LogP contribution is -2.42. The fourth-order valence-electron chi connectivity index (χ4n) is 3.06. The SMILES string of the molecule is COC(C)(COC(c1cccc(Cl)c1)C1CCCN(C(=O)O)C1)OC. The third-order valence-electron chi connectivity index (χ3n) is 4.72. The Kier molecular flexibility index (Phi) is 7.07. The van der Waals surface area contributed by atoms with E-state index in [1.807, 2.05) is 18.2 Å².